The van der Waals surface area contributed by atoms with Crippen molar-refractivity contribution in [1.29, 1.82) is 0 Å². The number of aromatic nitrogens is 3. The van der Waals surface area contributed by atoms with Crippen LogP contribution in [-0.2, 0) is 9.53 Å². The third-order valence-corrected chi connectivity index (χ3v) is 5.65. The van der Waals surface area contributed by atoms with Crippen LogP contribution in [0.25, 0.3) is 28.1 Å². The van der Waals surface area contributed by atoms with Crippen LogP contribution in [0.2, 0.25) is 0 Å². The molecule has 33 heavy (non-hydrogen) atoms. The van der Waals surface area contributed by atoms with Crippen LogP contribution in [0.3, 0.4) is 0 Å². The first-order valence-electron chi connectivity index (χ1n) is 10.5. The summed E-state index contributed by atoms with van der Waals surface area (Å²) in [5.74, 6) is 0.596. The zero-order chi connectivity index (χ0) is 23.5. The Kier molecular flexibility index (Phi) is 6.30. The number of nitrogens with one attached hydrogen (secondary N) is 1. The topological polar surface area (TPSA) is 102 Å². The molecule has 2 heterocycles. The first kappa shape index (κ1) is 22.3. The summed E-state index contributed by atoms with van der Waals surface area (Å²) in [5, 5.41) is 0. The van der Waals surface area contributed by atoms with Crippen molar-refractivity contribution in [3.05, 3.63) is 47.9 Å². The summed E-state index contributed by atoms with van der Waals surface area (Å²) in [6.45, 7) is 6.87. The van der Waals surface area contributed by atoms with E-state index in [1.807, 2.05) is 6.92 Å². The van der Waals surface area contributed by atoms with Crippen molar-refractivity contribution in [3.63, 3.8) is 0 Å². The van der Waals surface area contributed by atoms with E-state index in [2.05, 4.69) is 31.7 Å². The SMILES string of the molecule is C=NC(=NC=C(C)c1ccc(-c2nc3nc(OC)ccc3[nH]2)c(F)c1)OC1CC(C(C)=O)C1. The van der Waals surface area contributed by atoms with Gasteiger partial charge in [0.1, 0.15) is 23.5 Å². The van der Waals surface area contributed by atoms with Gasteiger partial charge in [0, 0.05) is 18.2 Å². The normalized spacial score (nSPS) is 18.7. The van der Waals surface area contributed by atoms with Crippen LogP contribution in [-0.4, -0.2) is 46.7 Å². The minimum absolute atomic E-state index is 0.0457. The van der Waals surface area contributed by atoms with Gasteiger partial charge in [0.2, 0.25) is 5.88 Å². The molecule has 9 heteroatoms. The van der Waals surface area contributed by atoms with E-state index in [1.165, 1.54) is 13.2 Å². The van der Waals surface area contributed by atoms with Crippen molar-refractivity contribution in [2.24, 2.45) is 15.9 Å². The molecule has 0 radical (unpaired) electrons. The highest BCUT2D eigenvalue weighted by molar-refractivity contribution is 5.82. The lowest BCUT2D eigenvalue weighted by Crippen LogP contribution is -2.36. The number of aromatic amines is 1. The lowest BCUT2D eigenvalue weighted by atomic mass is 9.80. The molecule has 1 aliphatic rings. The molecule has 1 N–H and O–H groups in total. The van der Waals surface area contributed by atoms with Gasteiger partial charge in [0.25, 0.3) is 0 Å². The van der Waals surface area contributed by atoms with Crippen LogP contribution in [0.5, 0.6) is 5.88 Å². The molecule has 3 aromatic rings. The number of aliphatic imine (C=N–C) groups is 2. The average Bonchev–Trinajstić information content (AvgIpc) is 3.20. The van der Waals surface area contributed by atoms with Gasteiger partial charge in [-0.25, -0.2) is 19.4 Å². The summed E-state index contributed by atoms with van der Waals surface area (Å²) in [6, 6.07) is 8.48. The second kappa shape index (κ2) is 9.32. The Labute approximate surface area is 190 Å². The standard InChI is InChI=1S/C24H24FN5O3/c1-13(12-27-24(26-3)33-17-9-16(10-17)14(2)31)15-5-6-18(19(25)11-15)22-28-20-7-8-21(32-4)29-23(20)30-22/h5-8,11-12,16-17H,3,9-10H2,1-2,4H3,(H,28,29,30). The van der Waals surface area contributed by atoms with Gasteiger partial charge in [-0.3, -0.25) is 4.79 Å². The molecule has 170 valence electrons. The number of ether oxygens (including phenoxy) is 2. The van der Waals surface area contributed by atoms with Crippen LogP contribution < -0.4 is 4.74 Å². The minimum Gasteiger partial charge on any atom is -0.481 e. The van der Waals surface area contributed by atoms with Crippen molar-refractivity contribution in [3.8, 4) is 17.3 Å². The maximum Gasteiger partial charge on any atom is 0.315 e. The monoisotopic (exact) mass is 449 g/mol. The van der Waals surface area contributed by atoms with Gasteiger partial charge in [-0.1, -0.05) is 6.07 Å². The van der Waals surface area contributed by atoms with Crippen molar-refractivity contribution in [2.75, 3.05) is 7.11 Å². The maximum atomic E-state index is 14.9. The zero-order valence-electron chi connectivity index (χ0n) is 18.6. The largest absolute Gasteiger partial charge is 0.481 e. The van der Waals surface area contributed by atoms with Crippen LogP contribution in [0.1, 0.15) is 32.3 Å². The Morgan fingerprint density at radius 2 is 2.03 bits per heavy atom. The van der Waals surface area contributed by atoms with Crippen LogP contribution >= 0.6 is 0 Å². The summed E-state index contributed by atoms with van der Waals surface area (Å²) in [4.78, 5) is 31.1. The van der Waals surface area contributed by atoms with Crippen molar-refractivity contribution in [1.82, 2.24) is 15.0 Å². The average molecular weight is 449 g/mol. The molecule has 2 aromatic heterocycles. The fourth-order valence-electron chi connectivity index (χ4n) is 3.55. The highest BCUT2D eigenvalue weighted by Crippen LogP contribution is 2.31. The minimum atomic E-state index is -0.432. The van der Waals surface area contributed by atoms with Gasteiger partial charge < -0.3 is 14.5 Å². The lowest BCUT2D eigenvalue weighted by molar-refractivity contribution is -0.126. The van der Waals surface area contributed by atoms with E-state index in [9.17, 15) is 9.18 Å². The summed E-state index contributed by atoms with van der Waals surface area (Å²) < 4.78 is 25.7. The summed E-state index contributed by atoms with van der Waals surface area (Å²) in [5.41, 5.74) is 2.83. The number of hydrogen-bond acceptors (Lipinski definition) is 6. The predicted molar refractivity (Wildman–Crippen MR) is 125 cm³/mol. The van der Waals surface area contributed by atoms with Crippen molar-refractivity contribution in [2.45, 2.75) is 32.8 Å². The van der Waals surface area contributed by atoms with E-state index in [4.69, 9.17) is 9.47 Å². The number of carbonyl (C=O) groups is 1. The zero-order valence-corrected chi connectivity index (χ0v) is 18.6. The van der Waals surface area contributed by atoms with E-state index in [-0.39, 0.29) is 23.8 Å². The molecule has 1 aliphatic carbocycles. The van der Waals surface area contributed by atoms with Crippen LogP contribution in [0.4, 0.5) is 4.39 Å². The first-order chi connectivity index (χ1) is 15.9. The number of hydrogen-bond donors (Lipinski definition) is 1. The predicted octanol–water partition coefficient (Wildman–Crippen LogP) is 4.57. The van der Waals surface area contributed by atoms with E-state index in [1.54, 1.807) is 37.4 Å². The van der Waals surface area contributed by atoms with E-state index in [0.717, 1.165) is 5.57 Å². The molecule has 8 nitrogen and oxygen atoms in total. The maximum absolute atomic E-state index is 14.9. The number of allylic oxidation sites excluding steroid dienone is 1. The number of carbonyl (C=O) groups excluding carboxylic acids is 1. The number of rotatable bonds is 6. The molecule has 0 saturated heterocycles. The third-order valence-electron chi connectivity index (χ3n) is 5.65. The Balaban J connectivity index is 1.49. The van der Waals surface area contributed by atoms with Crippen molar-refractivity contribution < 1.29 is 18.7 Å². The molecule has 0 amide bonds. The number of halogens is 1. The van der Waals surface area contributed by atoms with Gasteiger partial charge in [-0.05, 0) is 62.7 Å². The molecule has 0 atom stereocenters. The Hall–Kier alpha value is -3.88. The molecule has 1 aromatic carbocycles. The number of H-pyrrole nitrogens is 1. The van der Waals surface area contributed by atoms with Crippen LogP contribution in [0.15, 0.2) is 46.5 Å². The number of nitrogens with zero attached hydrogens (tertiary/aromatic N) is 4. The fourth-order valence-corrected chi connectivity index (χ4v) is 3.55. The fraction of sp³-hybridized carbons (Fsp3) is 0.292. The molecule has 1 saturated carbocycles. The number of pyridine rings is 1. The molecular weight excluding hydrogens is 425 g/mol. The summed E-state index contributed by atoms with van der Waals surface area (Å²) >= 11 is 0. The lowest BCUT2D eigenvalue weighted by Gasteiger charge is -2.32. The number of Topliss-reactive ketones (excluding diaryl/α,β-unsaturated/α-hetero) is 1. The second-order valence-electron chi connectivity index (χ2n) is 7.91. The van der Waals surface area contributed by atoms with Crippen molar-refractivity contribution >= 4 is 35.3 Å². The number of ketones is 1. The van der Waals surface area contributed by atoms with E-state index < -0.39 is 5.82 Å². The molecule has 0 bridgehead atoms. The Bertz CT molecular complexity index is 1270. The number of amidine groups is 1. The molecular formula is C24H24FN5O3. The van der Waals surface area contributed by atoms with E-state index >= 15 is 0 Å². The molecule has 0 aliphatic heterocycles. The molecule has 4 rings (SSSR count). The Morgan fingerprint density at radius 3 is 2.70 bits per heavy atom. The number of benzene rings is 1. The molecule has 0 spiro atoms. The highest BCUT2D eigenvalue weighted by Gasteiger charge is 2.34. The molecule has 0 unspecified atom stereocenters. The first-order valence-corrected chi connectivity index (χ1v) is 10.5. The van der Waals surface area contributed by atoms with Crippen LogP contribution in [0, 0.1) is 11.7 Å². The number of methoxy groups -OCH3 is 1. The quantitative estimate of drug-likeness (QED) is 0.439. The summed E-state index contributed by atoms with van der Waals surface area (Å²) in [6.07, 6.45) is 2.77. The van der Waals surface area contributed by atoms with Gasteiger partial charge >= 0.3 is 6.02 Å². The van der Waals surface area contributed by atoms with Gasteiger partial charge in [-0.2, -0.15) is 4.98 Å². The Morgan fingerprint density at radius 1 is 1.24 bits per heavy atom. The smallest absolute Gasteiger partial charge is 0.315 e. The van der Waals surface area contributed by atoms with Gasteiger partial charge in [0.15, 0.2) is 5.65 Å². The van der Waals surface area contributed by atoms with E-state index in [0.29, 0.717) is 46.8 Å². The van der Waals surface area contributed by atoms with Gasteiger partial charge in [-0.15, -0.1) is 0 Å². The second-order valence-corrected chi connectivity index (χ2v) is 7.91. The van der Waals surface area contributed by atoms with Gasteiger partial charge in [0.05, 0.1) is 18.2 Å². The number of imidazole rings is 1. The third kappa shape index (κ3) is 4.82. The summed E-state index contributed by atoms with van der Waals surface area (Å²) in [7, 11) is 1.53. The molecule has 1 fully saturated rings. The number of fused-ring (bicyclic) bond motifs is 1. The highest BCUT2D eigenvalue weighted by atomic mass is 19.1.